The molecule has 2 aliphatic heterocycles. The van der Waals surface area contributed by atoms with Crippen LogP contribution in [0.5, 0.6) is 5.75 Å². The number of methoxy groups -OCH3 is 1. The minimum absolute atomic E-state index is 0.00578. The summed E-state index contributed by atoms with van der Waals surface area (Å²) in [7, 11) is 7.63. The molecule has 0 spiro atoms. The number of hydrogen-bond donors (Lipinski definition) is 8. The average molecular weight is 1610 g/mol. The number of nitrogens with one attached hydrogen (secondary N) is 7. The molecule has 10 atom stereocenters. The summed E-state index contributed by atoms with van der Waals surface area (Å²) < 4.78 is 45.2. The van der Waals surface area contributed by atoms with Crippen molar-refractivity contribution in [3.05, 3.63) is 147 Å². The van der Waals surface area contributed by atoms with E-state index in [4.69, 9.17) is 35.8 Å². The van der Waals surface area contributed by atoms with E-state index in [9.17, 15) is 39.1 Å². The summed E-state index contributed by atoms with van der Waals surface area (Å²) in [6.45, 7) is 13.1. The number of nitrogens with two attached hydrogens (primary N) is 1. The summed E-state index contributed by atoms with van der Waals surface area (Å²) in [5.41, 5.74) is 17.1. The SMILES string of the molecule is C#CCO[C@H]1CCN(C(=O)[C@H](Cc2c[nH]c3ccc(F)cc23)NC(=O)[C@H](Cc2cccc(CN=[N+]=[N-])c2)NC(=O)[C@@H](C)CC(=O)[C@H](CNC(=O)CCOCCOCC[N+](C)(C)C)CC(=O)CCC(=O)NCc2ccc(CCN)cc2)[C@@H]1C(=O)N[C@H](C(=O)N[C@@H](Cc1ccc(OC)cc1)C(=O)N1CCC[C@@]1(C)C(C)=O)C(C)OC(C)(C)C. The van der Waals surface area contributed by atoms with E-state index in [1.807, 2.05) is 45.4 Å². The van der Waals surface area contributed by atoms with Gasteiger partial charge in [0.1, 0.15) is 66.5 Å². The molecule has 628 valence electrons. The number of quaternary nitrogens is 1. The lowest BCUT2D eigenvalue weighted by Crippen LogP contribution is -2.64. The number of carbonyl (C=O) groups excluding carboxylic acids is 11. The molecule has 31 heteroatoms. The molecule has 3 heterocycles. The van der Waals surface area contributed by atoms with Crippen LogP contribution in [0.3, 0.4) is 0 Å². The number of aromatic amines is 1. The fourth-order valence-corrected chi connectivity index (χ4v) is 14.1. The van der Waals surface area contributed by atoms with Crippen LogP contribution in [0.2, 0.25) is 0 Å². The van der Waals surface area contributed by atoms with Crippen LogP contribution in [-0.4, -0.2) is 231 Å². The molecule has 2 saturated heterocycles. The summed E-state index contributed by atoms with van der Waals surface area (Å²) in [6.07, 6.45) is 4.43. The van der Waals surface area contributed by atoms with Gasteiger partial charge in [0.2, 0.25) is 47.3 Å². The second kappa shape index (κ2) is 44.6. The number of ether oxygens (including phenoxy) is 5. The van der Waals surface area contributed by atoms with Crippen LogP contribution < -0.4 is 42.4 Å². The monoisotopic (exact) mass is 1610 g/mol. The van der Waals surface area contributed by atoms with E-state index >= 15 is 23.6 Å². The molecule has 5 aromatic rings. The molecule has 116 heavy (non-hydrogen) atoms. The Morgan fingerprint density at radius 1 is 0.759 bits per heavy atom. The number of hydrogen-bond acceptors (Lipinski definition) is 18. The molecule has 0 saturated carbocycles. The Morgan fingerprint density at radius 3 is 2.09 bits per heavy atom. The van der Waals surface area contributed by atoms with Gasteiger partial charge < -0.3 is 80.6 Å². The van der Waals surface area contributed by atoms with Gasteiger partial charge in [0, 0.05) is 111 Å². The zero-order valence-corrected chi connectivity index (χ0v) is 68.7. The molecule has 2 aliphatic rings. The van der Waals surface area contributed by atoms with Gasteiger partial charge in [-0.15, -0.1) is 6.42 Å². The van der Waals surface area contributed by atoms with Crippen LogP contribution >= 0.6 is 0 Å². The van der Waals surface area contributed by atoms with Gasteiger partial charge in [-0.3, -0.25) is 52.7 Å². The number of ketones is 3. The fourth-order valence-electron chi connectivity index (χ4n) is 14.1. The number of aromatic nitrogens is 1. The van der Waals surface area contributed by atoms with Crippen molar-refractivity contribution in [2.45, 2.75) is 192 Å². The number of rotatable bonds is 47. The zero-order chi connectivity index (χ0) is 84.9. The predicted octanol–water partition coefficient (Wildman–Crippen LogP) is 5.90. The summed E-state index contributed by atoms with van der Waals surface area (Å²) in [5, 5.41) is 21.0. The number of carbonyl (C=O) groups is 11. The largest absolute Gasteiger partial charge is 0.497 e. The van der Waals surface area contributed by atoms with E-state index in [-0.39, 0.29) is 103 Å². The van der Waals surface area contributed by atoms with E-state index < -0.39 is 143 Å². The van der Waals surface area contributed by atoms with Crippen molar-refractivity contribution in [1.29, 1.82) is 0 Å². The third-order valence-corrected chi connectivity index (χ3v) is 20.7. The van der Waals surface area contributed by atoms with Crippen LogP contribution in [0, 0.1) is 30.0 Å². The number of Topliss-reactive ketones (excluding diaryl/α,β-unsaturated/α-hetero) is 3. The van der Waals surface area contributed by atoms with Gasteiger partial charge >= 0.3 is 0 Å². The van der Waals surface area contributed by atoms with E-state index in [1.54, 1.807) is 83.1 Å². The number of terminal acetylenes is 1. The number of likely N-dealkylation sites (N-methyl/N-ethyl adjacent to an activating group) is 1. The highest BCUT2D eigenvalue weighted by Crippen LogP contribution is 2.32. The maximum absolute atomic E-state index is 16.0. The Kier molecular flexibility index (Phi) is 35.6. The molecule has 0 radical (unpaired) electrons. The predicted molar refractivity (Wildman–Crippen MR) is 433 cm³/mol. The molecule has 7 rings (SSSR count). The van der Waals surface area contributed by atoms with E-state index in [2.05, 4.69) is 52.8 Å². The lowest BCUT2D eigenvalue weighted by molar-refractivity contribution is -0.870. The van der Waals surface area contributed by atoms with Crippen LogP contribution in [0.4, 0.5) is 4.39 Å². The highest BCUT2D eigenvalue weighted by Gasteiger charge is 2.49. The first kappa shape index (κ1) is 92.7. The van der Waals surface area contributed by atoms with Crippen LogP contribution in [0.25, 0.3) is 21.3 Å². The van der Waals surface area contributed by atoms with Crippen molar-refractivity contribution in [2.24, 2.45) is 22.7 Å². The number of amides is 8. The topological polar surface area (TPSA) is 403 Å². The minimum Gasteiger partial charge on any atom is -0.497 e. The number of azide groups is 1. The second-order valence-electron chi connectivity index (χ2n) is 32.0. The summed E-state index contributed by atoms with van der Waals surface area (Å²) in [5.74, 6) is -7.28. The second-order valence-corrected chi connectivity index (χ2v) is 32.0. The van der Waals surface area contributed by atoms with Gasteiger partial charge in [-0.25, -0.2) is 4.39 Å². The standard InChI is InChI=1S/C85H115FN14O16/c1-13-38-115-73-31-36-98(77(73)81(109)96-76(55(3)116-84(5,6)7)80(108)95-70(45-58-22-26-66(112-12)27-23-58)83(111)99-35-15-33-85(99,8)56(4)101)82(110)71(48-62-52-89-68-28-24-64(86)49-67(62)68)94-79(107)69(46-60-16-14-17-61(44-60)51-92-97-88)93-78(106)54(2)43-72(103)63(53-91-75(105)32-39-113-41-42-114-40-37-100(9,10)11)47-65(102)25-29-74(104)90-50-59-20-18-57(19-21-59)30-34-87/h1,14,16-24,26-28,44,49,52,54-55,63,69-71,73,76-77,89H,15,25,29-43,45-48,50-51,53,87H2,2-12H3,(H5-,90,91,93,94,95,96,104,105,106,107,108,109)/p+1/t54-,55?,63-,69-,70-,71-,73-,76-,77-,85-/m0/s1. The molecular formula is C85H116FN14O16+. The van der Waals surface area contributed by atoms with Gasteiger partial charge in [0.15, 0.2) is 5.78 Å². The van der Waals surface area contributed by atoms with Gasteiger partial charge in [-0.1, -0.05) is 78.6 Å². The van der Waals surface area contributed by atoms with E-state index in [1.165, 1.54) is 55.2 Å². The minimum atomic E-state index is -1.65. The Bertz CT molecular complexity index is 4300. The van der Waals surface area contributed by atoms with Crippen LogP contribution in [-0.2, 0) is 110 Å². The normalized spacial score (nSPS) is 17.2. The van der Waals surface area contributed by atoms with Gasteiger partial charge in [-0.05, 0) is 143 Å². The molecule has 0 aliphatic carbocycles. The van der Waals surface area contributed by atoms with E-state index in [0.717, 1.165) is 17.7 Å². The lowest BCUT2D eigenvalue weighted by atomic mass is 9.89. The van der Waals surface area contributed by atoms with Crippen molar-refractivity contribution in [3.63, 3.8) is 0 Å². The van der Waals surface area contributed by atoms with Crippen molar-refractivity contribution < 1.29 is 85.3 Å². The first-order chi connectivity index (χ1) is 55.1. The first-order valence-corrected chi connectivity index (χ1v) is 39.5. The van der Waals surface area contributed by atoms with Crippen molar-refractivity contribution >= 4 is 75.5 Å². The number of fused-ring (bicyclic) bond motifs is 1. The highest BCUT2D eigenvalue weighted by atomic mass is 19.1. The zero-order valence-electron chi connectivity index (χ0n) is 68.7. The molecule has 1 unspecified atom stereocenters. The molecule has 9 N–H and O–H groups in total. The van der Waals surface area contributed by atoms with Gasteiger partial charge in [-0.2, -0.15) is 0 Å². The third-order valence-electron chi connectivity index (χ3n) is 20.7. The Hall–Kier alpha value is -10.5. The first-order valence-electron chi connectivity index (χ1n) is 39.5. The maximum Gasteiger partial charge on any atom is 0.246 e. The van der Waals surface area contributed by atoms with Crippen molar-refractivity contribution in [3.8, 4) is 18.1 Å². The molecular weight excluding hydrogens is 1490 g/mol. The fraction of sp³-hybridized carbons (Fsp3) is 0.541. The quantitative estimate of drug-likeness (QED) is 0.00561. The molecule has 0 bridgehead atoms. The Morgan fingerprint density at radius 2 is 1.41 bits per heavy atom. The van der Waals surface area contributed by atoms with Crippen LogP contribution in [0.1, 0.15) is 133 Å². The molecule has 8 amide bonds. The van der Waals surface area contributed by atoms with E-state index in [0.29, 0.717) is 82.4 Å². The smallest absolute Gasteiger partial charge is 0.246 e. The van der Waals surface area contributed by atoms with Gasteiger partial charge in [0.05, 0.1) is 84.6 Å². The number of nitrogens with zero attached hydrogens (tertiary/aromatic N) is 6. The molecule has 1 aromatic heterocycles. The lowest BCUT2D eigenvalue weighted by Gasteiger charge is -2.37. The number of likely N-dealkylation sites (tertiary alicyclic amines) is 2. The summed E-state index contributed by atoms with van der Waals surface area (Å²) in [6, 6.07) is 17.3. The maximum atomic E-state index is 16.0. The van der Waals surface area contributed by atoms with Crippen molar-refractivity contribution in [2.75, 3.05) is 94.0 Å². The highest BCUT2D eigenvalue weighted by molar-refractivity contribution is 6.00. The average Bonchev–Trinajstić information content (AvgIpc) is 1.62. The number of benzene rings is 4. The summed E-state index contributed by atoms with van der Waals surface area (Å²) in [4.78, 5) is 169. The number of halogens is 1. The van der Waals surface area contributed by atoms with Gasteiger partial charge in [0.25, 0.3) is 0 Å². The van der Waals surface area contributed by atoms with Crippen LogP contribution in [0.15, 0.2) is 102 Å². The van der Waals surface area contributed by atoms with Crippen molar-refractivity contribution in [1.82, 2.24) is 46.7 Å². The Balaban J connectivity index is 1.18. The molecule has 4 aromatic carbocycles. The number of H-pyrrole nitrogens is 1. The summed E-state index contributed by atoms with van der Waals surface area (Å²) >= 11 is 0. The molecule has 2 fully saturated rings. The molecule has 30 nitrogen and oxygen atoms in total. The third kappa shape index (κ3) is 28.8. The Labute approximate surface area is 678 Å².